The van der Waals surface area contributed by atoms with Gasteiger partial charge in [-0.15, -0.1) is 0 Å². The van der Waals surface area contributed by atoms with Crippen LogP contribution in [0.3, 0.4) is 0 Å². The summed E-state index contributed by atoms with van der Waals surface area (Å²) in [7, 11) is 0. The Kier molecular flexibility index (Phi) is 4.72. The monoisotopic (exact) mass is 357 g/mol. The maximum absolute atomic E-state index is 12.8. The quantitative estimate of drug-likeness (QED) is 0.749. The van der Waals surface area contributed by atoms with Gasteiger partial charge in [0.2, 0.25) is 0 Å². The standard InChI is InChI=1S/C18H16ClN3O3/c1-2-9-22-13-6-4-3-5-12(13)16(19)15(18(22)25)17(24)21-14-8-7-11(23)10-20-14/h3-8,10,23H,2,9H2,1H3,(H,20,21,24). The van der Waals surface area contributed by atoms with E-state index in [2.05, 4.69) is 10.3 Å². The normalized spacial score (nSPS) is 10.8. The predicted octanol–water partition coefficient (Wildman–Crippen LogP) is 3.42. The molecule has 0 radical (unpaired) electrons. The molecule has 0 atom stereocenters. The Hall–Kier alpha value is -2.86. The maximum atomic E-state index is 12.8. The van der Waals surface area contributed by atoms with Crippen molar-refractivity contribution < 1.29 is 9.90 Å². The number of halogens is 1. The Balaban J connectivity index is 2.13. The van der Waals surface area contributed by atoms with Crippen molar-refractivity contribution >= 4 is 34.2 Å². The molecule has 0 aliphatic rings. The first-order chi connectivity index (χ1) is 12.0. The summed E-state index contributed by atoms with van der Waals surface area (Å²) >= 11 is 6.37. The van der Waals surface area contributed by atoms with Gasteiger partial charge in [-0.1, -0.05) is 36.7 Å². The molecular formula is C18H16ClN3O3. The summed E-state index contributed by atoms with van der Waals surface area (Å²) in [5.41, 5.74) is 0.129. The second-order valence-corrected chi connectivity index (χ2v) is 5.90. The van der Waals surface area contributed by atoms with Crippen molar-refractivity contribution in [2.24, 2.45) is 0 Å². The van der Waals surface area contributed by atoms with Crippen LogP contribution >= 0.6 is 11.6 Å². The second kappa shape index (κ2) is 6.94. The number of aryl methyl sites for hydroxylation is 1. The molecule has 0 fully saturated rings. The van der Waals surface area contributed by atoms with Crippen molar-refractivity contribution in [2.75, 3.05) is 5.32 Å². The molecule has 0 saturated carbocycles. The maximum Gasteiger partial charge on any atom is 0.265 e. The van der Waals surface area contributed by atoms with Gasteiger partial charge in [-0.2, -0.15) is 0 Å². The van der Waals surface area contributed by atoms with Gasteiger partial charge in [0.1, 0.15) is 17.1 Å². The number of rotatable bonds is 4. The molecule has 1 aromatic carbocycles. The Morgan fingerprint density at radius 3 is 2.72 bits per heavy atom. The summed E-state index contributed by atoms with van der Waals surface area (Å²) in [6.45, 7) is 2.43. The van der Waals surface area contributed by atoms with Gasteiger partial charge in [0, 0.05) is 11.9 Å². The van der Waals surface area contributed by atoms with Gasteiger partial charge in [-0.05, 0) is 24.6 Å². The summed E-state index contributed by atoms with van der Waals surface area (Å²) < 4.78 is 1.56. The van der Waals surface area contributed by atoms with Crippen molar-refractivity contribution in [3.8, 4) is 5.75 Å². The minimum Gasteiger partial charge on any atom is -0.506 e. The molecule has 2 aromatic heterocycles. The SMILES string of the molecule is CCCn1c(=O)c(C(=O)Nc2ccc(O)cn2)c(Cl)c2ccccc21. The number of hydrogen-bond donors (Lipinski definition) is 2. The molecule has 6 nitrogen and oxygen atoms in total. The van der Waals surface area contributed by atoms with Gasteiger partial charge in [0.25, 0.3) is 11.5 Å². The van der Waals surface area contributed by atoms with Crippen LogP contribution in [0.2, 0.25) is 5.02 Å². The highest BCUT2D eigenvalue weighted by Crippen LogP contribution is 2.25. The fourth-order valence-electron chi connectivity index (χ4n) is 2.65. The molecule has 0 unspecified atom stereocenters. The Morgan fingerprint density at radius 2 is 2.04 bits per heavy atom. The van der Waals surface area contributed by atoms with Crippen LogP contribution < -0.4 is 10.9 Å². The average Bonchev–Trinajstić information content (AvgIpc) is 2.61. The number of anilines is 1. The fourth-order valence-corrected chi connectivity index (χ4v) is 2.98. The van der Waals surface area contributed by atoms with Gasteiger partial charge in [-0.25, -0.2) is 4.98 Å². The van der Waals surface area contributed by atoms with Crippen molar-refractivity contribution in [2.45, 2.75) is 19.9 Å². The predicted molar refractivity (Wildman–Crippen MR) is 97.4 cm³/mol. The van der Waals surface area contributed by atoms with E-state index in [1.54, 1.807) is 16.7 Å². The number of amides is 1. The molecule has 128 valence electrons. The zero-order valence-corrected chi connectivity index (χ0v) is 14.2. The number of carbonyl (C=O) groups excluding carboxylic acids is 1. The molecule has 0 saturated heterocycles. The molecule has 0 bridgehead atoms. The lowest BCUT2D eigenvalue weighted by Gasteiger charge is -2.14. The van der Waals surface area contributed by atoms with Crippen LogP contribution in [-0.4, -0.2) is 20.6 Å². The summed E-state index contributed by atoms with van der Waals surface area (Å²) in [6, 6.07) is 10.0. The number of hydrogen-bond acceptors (Lipinski definition) is 4. The number of benzene rings is 1. The van der Waals surface area contributed by atoms with E-state index in [9.17, 15) is 14.7 Å². The smallest absolute Gasteiger partial charge is 0.265 e. The number of aromatic hydroxyl groups is 1. The first-order valence-electron chi connectivity index (χ1n) is 7.80. The van der Waals surface area contributed by atoms with Crippen molar-refractivity contribution in [3.63, 3.8) is 0 Å². The molecule has 25 heavy (non-hydrogen) atoms. The van der Waals surface area contributed by atoms with Crippen LogP contribution in [0.4, 0.5) is 5.82 Å². The van der Waals surface area contributed by atoms with E-state index < -0.39 is 11.5 Å². The van der Waals surface area contributed by atoms with E-state index >= 15 is 0 Å². The number of pyridine rings is 2. The highest BCUT2D eigenvalue weighted by atomic mass is 35.5. The van der Waals surface area contributed by atoms with Gasteiger partial charge < -0.3 is 15.0 Å². The molecule has 2 N–H and O–H groups in total. The topological polar surface area (TPSA) is 84.2 Å². The van der Waals surface area contributed by atoms with Gasteiger partial charge in [0.15, 0.2) is 0 Å². The van der Waals surface area contributed by atoms with Crippen LogP contribution in [0.15, 0.2) is 47.4 Å². The van der Waals surface area contributed by atoms with Crippen LogP contribution in [0.1, 0.15) is 23.7 Å². The molecule has 0 spiro atoms. The van der Waals surface area contributed by atoms with Crippen LogP contribution in [-0.2, 0) is 6.54 Å². The zero-order valence-electron chi connectivity index (χ0n) is 13.5. The molecular weight excluding hydrogens is 342 g/mol. The second-order valence-electron chi connectivity index (χ2n) is 5.52. The Morgan fingerprint density at radius 1 is 1.28 bits per heavy atom. The highest BCUT2D eigenvalue weighted by molar-refractivity contribution is 6.38. The van der Waals surface area contributed by atoms with Crippen molar-refractivity contribution in [1.29, 1.82) is 0 Å². The average molecular weight is 358 g/mol. The number of carbonyl (C=O) groups is 1. The molecule has 7 heteroatoms. The molecule has 0 aliphatic carbocycles. The first kappa shape index (κ1) is 17.0. The molecule has 2 heterocycles. The number of nitrogens with zero attached hydrogens (tertiary/aromatic N) is 2. The largest absolute Gasteiger partial charge is 0.506 e. The van der Waals surface area contributed by atoms with E-state index in [1.807, 2.05) is 19.1 Å². The van der Waals surface area contributed by atoms with E-state index in [4.69, 9.17) is 11.6 Å². The Labute approximate surface area is 148 Å². The Bertz CT molecular complexity index is 997. The summed E-state index contributed by atoms with van der Waals surface area (Å²) in [6.07, 6.45) is 1.94. The van der Waals surface area contributed by atoms with E-state index in [0.29, 0.717) is 17.4 Å². The summed E-state index contributed by atoms with van der Waals surface area (Å²) in [5.74, 6) is -0.440. The third-order valence-electron chi connectivity index (χ3n) is 3.77. The molecule has 0 aliphatic heterocycles. The first-order valence-corrected chi connectivity index (χ1v) is 8.18. The minimum atomic E-state index is -0.635. The van der Waals surface area contributed by atoms with Gasteiger partial charge >= 0.3 is 0 Å². The van der Waals surface area contributed by atoms with E-state index in [1.165, 1.54) is 18.3 Å². The number of nitrogens with one attached hydrogen (secondary N) is 1. The number of fused-ring (bicyclic) bond motifs is 1. The molecule has 3 aromatic rings. The third-order valence-corrected chi connectivity index (χ3v) is 4.17. The number of para-hydroxylation sites is 1. The fraction of sp³-hybridized carbons (Fsp3) is 0.167. The van der Waals surface area contributed by atoms with Crippen molar-refractivity contribution in [1.82, 2.24) is 9.55 Å². The lowest BCUT2D eigenvalue weighted by Crippen LogP contribution is -2.30. The van der Waals surface area contributed by atoms with Crippen molar-refractivity contribution in [3.05, 3.63) is 63.5 Å². The van der Waals surface area contributed by atoms with Crippen LogP contribution in [0.5, 0.6) is 5.75 Å². The van der Waals surface area contributed by atoms with E-state index in [0.717, 1.165) is 6.42 Å². The summed E-state index contributed by atoms with van der Waals surface area (Å²) in [4.78, 5) is 29.4. The van der Waals surface area contributed by atoms with Gasteiger partial charge in [0.05, 0.1) is 16.7 Å². The highest BCUT2D eigenvalue weighted by Gasteiger charge is 2.21. The van der Waals surface area contributed by atoms with Crippen LogP contribution in [0.25, 0.3) is 10.9 Å². The van der Waals surface area contributed by atoms with E-state index in [-0.39, 0.29) is 22.2 Å². The third kappa shape index (κ3) is 3.21. The zero-order chi connectivity index (χ0) is 18.0. The summed E-state index contributed by atoms with van der Waals surface area (Å²) in [5, 5.41) is 12.6. The van der Waals surface area contributed by atoms with Crippen LogP contribution in [0, 0.1) is 0 Å². The number of aromatic nitrogens is 2. The molecule has 1 amide bonds. The molecule has 3 rings (SSSR count). The minimum absolute atomic E-state index is 0.0213. The lowest BCUT2D eigenvalue weighted by atomic mass is 10.1. The van der Waals surface area contributed by atoms with Gasteiger partial charge in [-0.3, -0.25) is 9.59 Å². The lowest BCUT2D eigenvalue weighted by molar-refractivity contribution is 0.102.